The van der Waals surface area contributed by atoms with Crippen LogP contribution in [0.2, 0.25) is 0 Å². The molecule has 5 nitrogen and oxygen atoms in total. The molecule has 3 rings (SSSR count). The van der Waals surface area contributed by atoms with Gasteiger partial charge < -0.3 is 4.90 Å². The van der Waals surface area contributed by atoms with E-state index in [2.05, 4.69) is 22.1 Å². The van der Waals surface area contributed by atoms with Crippen LogP contribution in [0.1, 0.15) is 35.4 Å². The van der Waals surface area contributed by atoms with E-state index in [0.717, 1.165) is 23.2 Å². The molecule has 1 aromatic carbocycles. The minimum absolute atomic E-state index is 0.00368. The van der Waals surface area contributed by atoms with Crippen LogP contribution in [-0.2, 0) is 0 Å². The molecule has 5 heteroatoms. The first-order valence-corrected chi connectivity index (χ1v) is 7.98. The fourth-order valence-electron chi connectivity index (χ4n) is 2.84. The highest BCUT2D eigenvalue weighted by atomic mass is 16.2. The minimum atomic E-state index is -0.0756. The molecular weight excluding hydrogens is 300 g/mol. The zero-order valence-corrected chi connectivity index (χ0v) is 13.8. The van der Waals surface area contributed by atoms with Crippen LogP contribution in [0, 0.1) is 0 Å². The summed E-state index contributed by atoms with van der Waals surface area (Å²) in [6, 6.07) is 15.5. The van der Waals surface area contributed by atoms with Crippen molar-refractivity contribution in [2.75, 3.05) is 7.05 Å². The van der Waals surface area contributed by atoms with Gasteiger partial charge in [0.05, 0.1) is 11.7 Å². The Labute approximate surface area is 141 Å². The van der Waals surface area contributed by atoms with E-state index in [9.17, 15) is 4.79 Å². The molecular formula is C19H20N4O. The van der Waals surface area contributed by atoms with Crippen LogP contribution in [0.3, 0.4) is 0 Å². The second-order valence-electron chi connectivity index (χ2n) is 5.65. The third-order valence-electron chi connectivity index (χ3n) is 4.14. The molecule has 0 fully saturated rings. The average Bonchev–Trinajstić information content (AvgIpc) is 3.13. The van der Waals surface area contributed by atoms with E-state index >= 15 is 0 Å². The van der Waals surface area contributed by atoms with Crippen LogP contribution in [-0.4, -0.2) is 33.0 Å². The molecule has 3 aromatic rings. The molecule has 0 aliphatic carbocycles. The Hall–Kier alpha value is -2.95. The van der Waals surface area contributed by atoms with E-state index < -0.39 is 0 Å². The summed E-state index contributed by atoms with van der Waals surface area (Å²) in [4.78, 5) is 18.6. The molecule has 24 heavy (non-hydrogen) atoms. The van der Waals surface area contributed by atoms with Crippen LogP contribution in [0.4, 0.5) is 0 Å². The van der Waals surface area contributed by atoms with Crippen molar-refractivity contribution in [3.63, 3.8) is 0 Å². The van der Waals surface area contributed by atoms with Gasteiger partial charge in [0.25, 0.3) is 5.91 Å². The van der Waals surface area contributed by atoms with Crippen LogP contribution >= 0.6 is 0 Å². The highest BCUT2D eigenvalue weighted by Gasteiger charge is 2.23. The van der Waals surface area contributed by atoms with Gasteiger partial charge in [-0.3, -0.25) is 14.9 Å². The molecule has 0 saturated heterocycles. The van der Waals surface area contributed by atoms with Gasteiger partial charge in [-0.25, -0.2) is 0 Å². The number of carbonyl (C=O) groups excluding carboxylic acids is 1. The summed E-state index contributed by atoms with van der Waals surface area (Å²) in [6.45, 7) is 2.07. The van der Waals surface area contributed by atoms with Crippen molar-refractivity contribution in [2.45, 2.75) is 19.4 Å². The van der Waals surface area contributed by atoms with Crippen molar-refractivity contribution >= 4 is 5.91 Å². The fraction of sp³-hybridized carbons (Fsp3) is 0.211. The fourth-order valence-corrected chi connectivity index (χ4v) is 2.84. The quantitative estimate of drug-likeness (QED) is 0.780. The van der Waals surface area contributed by atoms with E-state index in [1.54, 1.807) is 23.4 Å². The number of nitrogens with zero attached hydrogens (tertiary/aromatic N) is 3. The molecule has 0 bridgehead atoms. The van der Waals surface area contributed by atoms with Crippen LogP contribution in [0.25, 0.3) is 11.3 Å². The highest BCUT2D eigenvalue weighted by Crippen LogP contribution is 2.24. The molecule has 1 N–H and O–H groups in total. The Morgan fingerprint density at radius 1 is 1.17 bits per heavy atom. The van der Waals surface area contributed by atoms with Gasteiger partial charge >= 0.3 is 0 Å². The Bertz CT molecular complexity index is 799. The maximum absolute atomic E-state index is 12.8. The molecule has 0 saturated carbocycles. The lowest BCUT2D eigenvalue weighted by Crippen LogP contribution is -2.31. The Morgan fingerprint density at radius 2 is 1.88 bits per heavy atom. The van der Waals surface area contributed by atoms with Crippen molar-refractivity contribution < 1.29 is 4.79 Å². The lowest BCUT2D eigenvalue weighted by molar-refractivity contribution is 0.0720. The molecule has 1 unspecified atom stereocenters. The van der Waals surface area contributed by atoms with Crippen molar-refractivity contribution in [1.82, 2.24) is 20.1 Å². The molecule has 2 aromatic heterocycles. The number of aromatic nitrogens is 3. The standard InChI is InChI=1S/C19H20N4O/c1-3-18(15-9-11-20-12-10-15)23(2)19(24)17-13-16(21-22-17)14-7-5-4-6-8-14/h4-13,18H,3H2,1-2H3,(H,21,22). The first-order valence-electron chi connectivity index (χ1n) is 7.98. The smallest absolute Gasteiger partial charge is 0.272 e. The molecule has 0 radical (unpaired) electrons. The van der Waals surface area contributed by atoms with Gasteiger partial charge in [-0.15, -0.1) is 0 Å². The van der Waals surface area contributed by atoms with E-state index in [1.165, 1.54) is 0 Å². The number of hydrogen-bond acceptors (Lipinski definition) is 3. The second-order valence-corrected chi connectivity index (χ2v) is 5.65. The van der Waals surface area contributed by atoms with Crippen molar-refractivity contribution in [2.24, 2.45) is 0 Å². The van der Waals surface area contributed by atoms with Gasteiger partial charge in [0.2, 0.25) is 0 Å². The maximum Gasteiger partial charge on any atom is 0.272 e. The van der Waals surface area contributed by atoms with Crippen molar-refractivity contribution in [3.8, 4) is 11.3 Å². The summed E-state index contributed by atoms with van der Waals surface area (Å²) >= 11 is 0. The van der Waals surface area contributed by atoms with E-state index in [4.69, 9.17) is 0 Å². The predicted octanol–water partition coefficient (Wildman–Crippen LogP) is 3.70. The number of amides is 1. The Morgan fingerprint density at radius 3 is 2.54 bits per heavy atom. The number of carbonyl (C=O) groups is 1. The summed E-state index contributed by atoms with van der Waals surface area (Å²) in [7, 11) is 1.82. The van der Waals surface area contributed by atoms with Gasteiger partial charge in [0.15, 0.2) is 0 Å². The second kappa shape index (κ2) is 7.08. The monoisotopic (exact) mass is 320 g/mol. The summed E-state index contributed by atoms with van der Waals surface area (Å²) in [5.41, 5.74) is 3.32. The van der Waals surface area contributed by atoms with Crippen LogP contribution in [0.15, 0.2) is 60.9 Å². The number of H-pyrrole nitrogens is 1. The number of pyridine rings is 1. The van der Waals surface area contributed by atoms with Crippen molar-refractivity contribution in [3.05, 3.63) is 72.2 Å². The third kappa shape index (κ3) is 3.20. The van der Waals surface area contributed by atoms with E-state index in [0.29, 0.717) is 5.69 Å². The number of nitrogens with one attached hydrogen (secondary N) is 1. The van der Waals surface area contributed by atoms with Crippen LogP contribution in [0.5, 0.6) is 0 Å². The normalized spacial score (nSPS) is 11.9. The lowest BCUT2D eigenvalue weighted by Gasteiger charge is -2.27. The summed E-state index contributed by atoms with van der Waals surface area (Å²) in [5, 5.41) is 7.13. The van der Waals surface area contributed by atoms with Crippen molar-refractivity contribution in [1.29, 1.82) is 0 Å². The topological polar surface area (TPSA) is 61.9 Å². The average molecular weight is 320 g/mol. The lowest BCUT2D eigenvalue weighted by atomic mass is 10.0. The number of hydrogen-bond donors (Lipinski definition) is 1. The van der Waals surface area contributed by atoms with Gasteiger partial charge in [0, 0.05) is 25.0 Å². The van der Waals surface area contributed by atoms with Gasteiger partial charge in [-0.05, 0) is 30.2 Å². The molecule has 2 heterocycles. The molecule has 1 atom stereocenters. The predicted molar refractivity (Wildman–Crippen MR) is 93.4 cm³/mol. The third-order valence-corrected chi connectivity index (χ3v) is 4.14. The molecule has 122 valence electrons. The largest absolute Gasteiger partial charge is 0.333 e. The first-order chi connectivity index (χ1) is 11.7. The van der Waals surface area contributed by atoms with Crippen LogP contribution < -0.4 is 0 Å². The summed E-state index contributed by atoms with van der Waals surface area (Å²) in [6.07, 6.45) is 4.33. The van der Waals surface area contributed by atoms with Gasteiger partial charge in [0.1, 0.15) is 5.69 Å². The van der Waals surface area contributed by atoms with E-state index in [1.807, 2.05) is 49.5 Å². The summed E-state index contributed by atoms with van der Waals surface area (Å²) < 4.78 is 0. The van der Waals surface area contributed by atoms with Gasteiger partial charge in [-0.1, -0.05) is 37.3 Å². The first kappa shape index (κ1) is 15.9. The minimum Gasteiger partial charge on any atom is -0.333 e. The summed E-state index contributed by atoms with van der Waals surface area (Å²) in [5.74, 6) is -0.0756. The zero-order valence-electron chi connectivity index (χ0n) is 13.8. The number of aromatic amines is 1. The maximum atomic E-state index is 12.8. The molecule has 0 spiro atoms. The SMILES string of the molecule is CCC(c1ccncc1)N(C)C(=O)c1cc(-c2ccccc2)n[nH]1. The highest BCUT2D eigenvalue weighted by molar-refractivity contribution is 5.93. The Balaban J connectivity index is 1.82. The molecule has 0 aliphatic heterocycles. The zero-order chi connectivity index (χ0) is 16.9. The number of rotatable bonds is 5. The Kier molecular flexibility index (Phi) is 4.70. The van der Waals surface area contributed by atoms with E-state index in [-0.39, 0.29) is 11.9 Å². The number of benzene rings is 1. The van der Waals surface area contributed by atoms with Gasteiger partial charge in [-0.2, -0.15) is 5.10 Å². The molecule has 0 aliphatic rings. The molecule has 1 amide bonds.